The molecule has 0 bridgehead atoms. The van der Waals surface area contributed by atoms with Gasteiger partial charge in [0.1, 0.15) is 48.5 Å². The van der Waals surface area contributed by atoms with Crippen LogP contribution in [0.2, 0.25) is 0 Å². The average molecular weight is 1210 g/mol. The van der Waals surface area contributed by atoms with Crippen LogP contribution in [0.25, 0.3) is 5.57 Å². The fourth-order valence-electron chi connectivity index (χ4n) is 14.2. The van der Waals surface area contributed by atoms with Crippen molar-refractivity contribution in [3.05, 3.63) is 118 Å². The van der Waals surface area contributed by atoms with Crippen LogP contribution in [-0.4, -0.2) is 168 Å². The van der Waals surface area contributed by atoms with Crippen LogP contribution in [0.4, 0.5) is 0 Å². The van der Waals surface area contributed by atoms with Gasteiger partial charge in [0.15, 0.2) is 24.5 Å². The lowest BCUT2D eigenvalue weighted by molar-refractivity contribution is -0.340. The van der Waals surface area contributed by atoms with Gasteiger partial charge in [-0.05, 0) is 124 Å². The number of aliphatic hydroxyl groups is 1. The number of methoxy groups -OCH3 is 3. The van der Waals surface area contributed by atoms with Crippen molar-refractivity contribution in [3.8, 4) is 5.75 Å². The molecule has 482 valence electrons. The van der Waals surface area contributed by atoms with Gasteiger partial charge in [-0.3, -0.25) is 9.59 Å². The highest BCUT2D eigenvalue weighted by molar-refractivity contribution is 5.86. The second kappa shape index (κ2) is 30.0. The Balaban J connectivity index is 0.0000100. The summed E-state index contributed by atoms with van der Waals surface area (Å²) >= 11 is 0. The van der Waals surface area contributed by atoms with E-state index in [4.69, 9.17) is 61.6 Å². The smallest absolute Gasteiger partial charge is 0.310 e. The predicted octanol–water partition coefficient (Wildman–Crippen LogP) is 11.0. The number of carbonyl (C=O) groups excluding carboxylic acids is 2. The quantitative estimate of drug-likeness (QED) is 0.0631. The molecule has 0 aromatic heterocycles. The van der Waals surface area contributed by atoms with Gasteiger partial charge in [-0.25, -0.2) is 0 Å². The summed E-state index contributed by atoms with van der Waals surface area (Å²) < 4.78 is 83.8. The van der Waals surface area contributed by atoms with Gasteiger partial charge in [-0.15, -0.1) is 0 Å². The van der Waals surface area contributed by atoms with Crippen LogP contribution in [0.5, 0.6) is 5.75 Å². The number of hydrogen-bond acceptors (Lipinski definition) is 17. The molecule has 5 saturated heterocycles. The van der Waals surface area contributed by atoms with Crippen molar-refractivity contribution in [2.75, 3.05) is 48.6 Å². The summed E-state index contributed by atoms with van der Waals surface area (Å²) in [5.41, 5.74) is 7.14. The van der Waals surface area contributed by atoms with E-state index in [0.29, 0.717) is 70.0 Å². The van der Waals surface area contributed by atoms with E-state index in [0.717, 1.165) is 82.5 Å². The van der Waals surface area contributed by atoms with Crippen molar-refractivity contribution >= 4 is 18.0 Å². The Kier molecular flexibility index (Phi) is 23.1. The number of ether oxygens (including phenoxy) is 13. The van der Waals surface area contributed by atoms with Crippen LogP contribution < -0.4 is 4.74 Å². The van der Waals surface area contributed by atoms with E-state index in [1.54, 1.807) is 21.3 Å². The molecule has 17 heteroatoms. The standard InChI is InChI=1S/C70H99NO16.H2/c1-14-42(2)65-46(6)28-30-69(87-65)38-53(80-41-72)35-52(86-69)26-24-45(5)64(44(4)19-17-21-51-40-79-68-63(74)43(3)29-31-70(51,68)77-13)84-61-37-59(76-12)67(48(8)82-61)85-62-36-58(75-11)66(47(7)81-62)83-60(73)34-49-25-27-57-56(33-49)55(23-18-32-71(9)10)54-22-16-15-20-50(54)39-78-57;/h15-17,19-25,27,29,33,41-42,44,46-48,52-53,58-59,61-68,74H,14,18,26,28,30-32,34-40H2,1-13H3;1H/b19-17+,45-24+,51-21+,55-23-;/t42-,44-,46-,47-,48-,52+,53?,58-,59-,61-,62-,63+,64-,65?,66-,67-,68+,69+,70?;/m0./s1. The van der Waals surface area contributed by atoms with Crippen molar-refractivity contribution < 1.29 is 77.7 Å². The number of rotatable bonds is 23. The molecule has 0 amide bonds. The lowest BCUT2D eigenvalue weighted by Crippen LogP contribution is -2.55. The van der Waals surface area contributed by atoms with Crippen LogP contribution in [0, 0.1) is 17.8 Å². The number of carbonyl (C=O) groups is 2. The number of hydrogen-bond donors (Lipinski definition) is 1. The van der Waals surface area contributed by atoms with Gasteiger partial charge in [0, 0.05) is 79.3 Å². The van der Waals surface area contributed by atoms with Crippen molar-refractivity contribution in [1.82, 2.24) is 4.90 Å². The molecule has 1 spiro atoms. The summed E-state index contributed by atoms with van der Waals surface area (Å²) in [7, 11) is 9.09. The number of allylic oxidation sites excluding steroid dienone is 2. The third-order valence-corrected chi connectivity index (χ3v) is 19.4. The molecular weight excluding hydrogens is 1110 g/mol. The van der Waals surface area contributed by atoms with Gasteiger partial charge < -0.3 is 71.6 Å². The van der Waals surface area contributed by atoms with Gasteiger partial charge in [0.25, 0.3) is 6.47 Å². The normalized spacial score (nSPS) is 35.7. The van der Waals surface area contributed by atoms with Crippen LogP contribution in [-0.2, 0) is 79.5 Å². The molecule has 3 unspecified atom stereocenters. The lowest BCUT2D eigenvalue weighted by atomic mass is 9.78. The second-order valence-electron chi connectivity index (χ2n) is 25.8. The minimum Gasteiger partial charge on any atom is -0.488 e. The minimum atomic E-state index is -0.841. The Labute approximate surface area is 518 Å². The molecule has 1 N–H and O–H groups in total. The Morgan fingerprint density at radius 2 is 1.69 bits per heavy atom. The monoisotopic (exact) mass is 1210 g/mol. The zero-order valence-corrected chi connectivity index (χ0v) is 53.8. The summed E-state index contributed by atoms with van der Waals surface area (Å²) in [5.74, 6) is 0.120. The van der Waals surface area contributed by atoms with E-state index in [-0.39, 0.29) is 32.1 Å². The average Bonchev–Trinajstić information content (AvgIpc) is 1.58. The zero-order chi connectivity index (χ0) is 62.2. The highest BCUT2D eigenvalue weighted by Gasteiger charge is 2.54. The van der Waals surface area contributed by atoms with Crippen molar-refractivity contribution in [2.24, 2.45) is 17.8 Å². The van der Waals surface area contributed by atoms with Gasteiger partial charge in [0.2, 0.25) is 0 Å². The Morgan fingerprint density at radius 3 is 2.44 bits per heavy atom. The molecule has 1 aliphatic carbocycles. The molecule has 6 heterocycles. The van der Waals surface area contributed by atoms with Crippen LogP contribution >= 0.6 is 0 Å². The minimum absolute atomic E-state index is 0. The number of nitrogens with zero attached hydrogens (tertiary/aromatic N) is 1. The summed E-state index contributed by atoms with van der Waals surface area (Å²) in [4.78, 5) is 27.9. The van der Waals surface area contributed by atoms with E-state index < -0.39 is 84.9 Å². The third-order valence-electron chi connectivity index (χ3n) is 19.4. The summed E-state index contributed by atoms with van der Waals surface area (Å²) in [6.07, 6.45) is 12.2. The van der Waals surface area contributed by atoms with Gasteiger partial charge >= 0.3 is 5.97 Å². The second-order valence-corrected chi connectivity index (χ2v) is 25.8. The van der Waals surface area contributed by atoms with E-state index in [2.05, 4.69) is 84.0 Å². The van der Waals surface area contributed by atoms with Crippen LogP contribution in [0.1, 0.15) is 143 Å². The van der Waals surface area contributed by atoms with E-state index in [1.807, 2.05) is 69.3 Å². The largest absolute Gasteiger partial charge is 0.488 e. The SMILES string of the molecule is CC[C@H](C)C1O[C@]2(CC[C@@H]1C)CC(OC=O)C[C@@H](C/C=C(\C)[C@@H](O[C@H]1C[C@H](OC)[C@@H](O[C@H]3C[C@H](OC)[C@@H](OC(=O)Cc4ccc5c(c4)/C(=C\CCN(C)C)c4ccccc4CO5)[C@H](C)O3)[C@H](C)O1)[C@@H](C)/C=C/C=C1\CO[C@@H]3[C@H](O)C(C)=CCC13OC)O2.[HH]. The highest BCUT2D eigenvalue weighted by atomic mass is 16.7. The molecule has 7 aliphatic rings. The van der Waals surface area contributed by atoms with Crippen LogP contribution in [0.3, 0.4) is 0 Å². The summed E-state index contributed by atoms with van der Waals surface area (Å²) in [6, 6.07) is 14.2. The van der Waals surface area contributed by atoms with Crippen molar-refractivity contribution in [3.63, 3.8) is 0 Å². The third kappa shape index (κ3) is 15.6. The van der Waals surface area contributed by atoms with Gasteiger partial charge in [-0.1, -0.05) is 101 Å². The fourth-order valence-corrected chi connectivity index (χ4v) is 14.2. The maximum Gasteiger partial charge on any atom is 0.310 e. The van der Waals surface area contributed by atoms with Crippen molar-refractivity contribution in [2.45, 2.75) is 230 Å². The molecule has 0 saturated carbocycles. The maximum absolute atomic E-state index is 13.9. The number of aliphatic hydroxyl groups excluding tert-OH is 1. The maximum atomic E-state index is 13.9. The van der Waals surface area contributed by atoms with E-state index in [1.165, 1.54) is 0 Å². The molecule has 2 aromatic rings. The van der Waals surface area contributed by atoms with Crippen molar-refractivity contribution in [1.29, 1.82) is 0 Å². The first kappa shape index (κ1) is 66.8. The first-order valence-electron chi connectivity index (χ1n) is 31.9. The summed E-state index contributed by atoms with van der Waals surface area (Å²) in [6.45, 7) is 18.9. The molecule has 6 aliphatic heterocycles. The zero-order valence-electron chi connectivity index (χ0n) is 53.8. The first-order valence-corrected chi connectivity index (χ1v) is 31.9. The Hall–Kier alpha value is -4.60. The van der Waals surface area contributed by atoms with Crippen LogP contribution in [0.15, 0.2) is 95.6 Å². The Bertz CT molecular complexity index is 2800. The molecule has 5 fully saturated rings. The number of fused-ring (bicyclic) bond motifs is 3. The van der Waals surface area contributed by atoms with Gasteiger partial charge in [-0.2, -0.15) is 0 Å². The molecule has 87 heavy (non-hydrogen) atoms. The van der Waals surface area contributed by atoms with E-state index in [9.17, 15) is 14.7 Å². The predicted molar refractivity (Wildman–Crippen MR) is 332 cm³/mol. The number of benzene rings is 2. The van der Waals surface area contributed by atoms with Gasteiger partial charge in [0.05, 0.1) is 49.7 Å². The lowest BCUT2D eigenvalue weighted by Gasteiger charge is -2.50. The molecule has 19 atom stereocenters. The van der Waals surface area contributed by atoms with E-state index >= 15 is 0 Å². The Morgan fingerprint density at radius 1 is 0.943 bits per heavy atom. The molecule has 2 aromatic carbocycles. The molecule has 9 rings (SSSR count). The summed E-state index contributed by atoms with van der Waals surface area (Å²) in [5, 5.41) is 11.1. The molecule has 17 nitrogen and oxygen atoms in total. The molecular formula is C70H101NO16. The fraction of sp³-hybridized carbons (Fsp3) is 0.657. The highest BCUT2D eigenvalue weighted by Crippen LogP contribution is 2.47. The topological polar surface area (TPSA) is 178 Å². The number of esters is 1. The molecule has 0 radical (unpaired) electrons. The first-order chi connectivity index (χ1) is 41.8.